The van der Waals surface area contributed by atoms with Gasteiger partial charge in [-0.05, 0) is 30.7 Å². The first kappa shape index (κ1) is 20.2. The molecule has 2 heterocycles. The van der Waals surface area contributed by atoms with Crippen LogP contribution in [0.2, 0.25) is 0 Å². The molecular weight excluding hydrogens is 380 g/mol. The second-order valence-electron chi connectivity index (χ2n) is 6.17. The van der Waals surface area contributed by atoms with Crippen molar-refractivity contribution in [2.24, 2.45) is 0 Å². The van der Waals surface area contributed by atoms with Crippen LogP contribution in [-0.2, 0) is 4.74 Å². The number of thiazole rings is 1. The average Bonchev–Trinajstić information content (AvgIpc) is 3.13. The molecule has 0 spiro atoms. The lowest BCUT2D eigenvalue weighted by molar-refractivity contribution is 0.105. The normalized spacial score (nSPS) is 14.4. The number of allylic oxidation sites excluding steroid dienone is 1. The maximum atomic E-state index is 12.7. The molecule has 1 fully saturated rings. The number of ether oxygens (including phenoxy) is 4. The summed E-state index contributed by atoms with van der Waals surface area (Å²) in [6.45, 7) is 4.82. The largest absolute Gasteiger partial charge is 0.493 e. The number of carbonyl (C=O) groups excluding carboxylic acids is 1. The van der Waals surface area contributed by atoms with Gasteiger partial charge in [-0.15, -0.1) is 0 Å². The Morgan fingerprint density at radius 1 is 1.14 bits per heavy atom. The molecule has 0 atom stereocenters. The fraction of sp³-hybridized carbons (Fsp3) is 0.400. The summed E-state index contributed by atoms with van der Waals surface area (Å²) >= 11 is 1.42. The van der Waals surface area contributed by atoms with Gasteiger partial charge in [0.15, 0.2) is 22.4 Å². The van der Waals surface area contributed by atoms with E-state index in [0.717, 1.165) is 29.5 Å². The predicted octanol–water partition coefficient (Wildman–Crippen LogP) is 3.21. The van der Waals surface area contributed by atoms with E-state index in [4.69, 9.17) is 18.9 Å². The number of hydrogen-bond donors (Lipinski definition) is 0. The Morgan fingerprint density at radius 3 is 2.36 bits per heavy atom. The van der Waals surface area contributed by atoms with Gasteiger partial charge in [0.25, 0.3) is 0 Å². The molecule has 3 rings (SSSR count). The minimum absolute atomic E-state index is 0.0803. The third-order valence-corrected chi connectivity index (χ3v) is 5.64. The quantitative estimate of drug-likeness (QED) is 0.518. The van der Waals surface area contributed by atoms with E-state index in [9.17, 15) is 4.79 Å². The third kappa shape index (κ3) is 4.28. The summed E-state index contributed by atoms with van der Waals surface area (Å²) in [6.07, 6.45) is 3.28. The summed E-state index contributed by atoms with van der Waals surface area (Å²) in [5.74, 6) is 1.51. The molecule has 0 amide bonds. The van der Waals surface area contributed by atoms with Gasteiger partial charge in [0.2, 0.25) is 5.75 Å². The maximum absolute atomic E-state index is 12.7. The zero-order valence-corrected chi connectivity index (χ0v) is 17.3. The number of ketones is 1. The highest BCUT2D eigenvalue weighted by Gasteiger charge is 2.19. The fourth-order valence-corrected chi connectivity index (χ4v) is 3.98. The third-order valence-electron chi connectivity index (χ3n) is 4.40. The molecule has 28 heavy (non-hydrogen) atoms. The lowest BCUT2D eigenvalue weighted by Gasteiger charge is -2.25. The van der Waals surface area contributed by atoms with E-state index in [0.29, 0.717) is 35.3 Å². The van der Waals surface area contributed by atoms with Crippen LogP contribution in [0.3, 0.4) is 0 Å². The van der Waals surface area contributed by atoms with Gasteiger partial charge in [0.1, 0.15) is 0 Å². The lowest BCUT2D eigenvalue weighted by atomic mass is 10.1. The van der Waals surface area contributed by atoms with Crippen molar-refractivity contribution < 1.29 is 23.7 Å². The van der Waals surface area contributed by atoms with Crippen molar-refractivity contribution in [1.82, 2.24) is 4.98 Å². The van der Waals surface area contributed by atoms with Gasteiger partial charge in [-0.3, -0.25) is 4.79 Å². The average molecular weight is 404 g/mol. The van der Waals surface area contributed by atoms with Gasteiger partial charge in [0, 0.05) is 13.1 Å². The Balaban J connectivity index is 1.81. The monoisotopic (exact) mass is 404 g/mol. The number of morpholine rings is 1. The molecule has 0 aliphatic carbocycles. The molecule has 1 aromatic carbocycles. The molecule has 0 unspecified atom stereocenters. The standard InChI is InChI=1S/C20H24N2O5S/c1-13-19(28-20(21-13)22-7-9-27-10-8-22)15(23)6-5-14-11-16(24-2)18(26-4)17(12-14)25-3/h5-6,11-12H,7-10H2,1-4H3/b6-5+. The maximum Gasteiger partial charge on any atom is 0.203 e. The smallest absolute Gasteiger partial charge is 0.203 e. The van der Waals surface area contributed by atoms with E-state index in [1.807, 2.05) is 6.92 Å². The molecule has 1 aliphatic rings. The number of benzene rings is 1. The molecule has 7 nitrogen and oxygen atoms in total. The van der Waals surface area contributed by atoms with E-state index in [2.05, 4.69) is 9.88 Å². The van der Waals surface area contributed by atoms with Crippen molar-refractivity contribution in [3.63, 3.8) is 0 Å². The van der Waals surface area contributed by atoms with Crippen molar-refractivity contribution in [1.29, 1.82) is 0 Å². The minimum atomic E-state index is -0.0803. The van der Waals surface area contributed by atoms with E-state index in [-0.39, 0.29) is 5.78 Å². The van der Waals surface area contributed by atoms with Crippen molar-refractivity contribution >= 4 is 28.3 Å². The van der Waals surface area contributed by atoms with Gasteiger partial charge in [-0.2, -0.15) is 0 Å². The van der Waals surface area contributed by atoms with Crippen LogP contribution in [-0.4, -0.2) is 58.4 Å². The summed E-state index contributed by atoms with van der Waals surface area (Å²) in [5.41, 5.74) is 1.52. The minimum Gasteiger partial charge on any atom is -0.493 e. The summed E-state index contributed by atoms with van der Waals surface area (Å²) in [4.78, 5) is 20.1. The van der Waals surface area contributed by atoms with Crippen molar-refractivity contribution in [3.05, 3.63) is 34.3 Å². The molecule has 1 aromatic heterocycles. The molecule has 1 saturated heterocycles. The van der Waals surface area contributed by atoms with E-state index in [1.165, 1.54) is 11.3 Å². The molecule has 1 aliphatic heterocycles. The first-order valence-corrected chi connectivity index (χ1v) is 9.71. The van der Waals surface area contributed by atoms with Gasteiger partial charge in [-0.25, -0.2) is 4.98 Å². The van der Waals surface area contributed by atoms with Gasteiger partial charge in [0.05, 0.1) is 45.1 Å². The van der Waals surface area contributed by atoms with E-state index in [1.54, 1.807) is 45.6 Å². The van der Waals surface area contributed by atoms with Crippen molar-refractivity contribution in [2.45, 2.75) is 6.92 Å². The van der Waals surface area contributed by atoms with E-state index < -0.39 is 0 Å². The van der Waals surface area contributed by atoms with Crippen LogP contribution in [0.15, 0.2) is 18.2 Å². The Hall–Kier alpha value is -2.58. The second-order valence-corrected chi connectivity index (χ2v) is 7.14. The zero-order valence-electron chi connectivity index (χ0n) is 16.5. The second kappa shape index (κ2) is 9.07. The van der Waals surface area contributed by atoms with Crippen LogP contribution in [0.25, 0.3) is 6.08 Å². The molecule has 0 radical (unpaired) electrons. The lowest BCUT2D eigenvalue weighted by Crippen LogP contribution is -2.36. The number of aryl methyl sites for hydroxylation is 1. The van der Waals surface area contributed by atoms with Crippen LogP contribution in [0.4, 0.5) is 5.13 Å². The Bertz CT molecular complexity index is 846. The molecule has 0 bridgehead atoms. The summed E-state index contributed by atoms with van der Waals surface area (Å²) in [6, 6.07) is 3.59. The highest BCUT2D eigenvalue weighted by Crippen LogP contribution is 2.38. The van der Waals surface area contributed by atoms with Crippen LogP contribution < -0.4 is 19.1 Å². The Labute approximate surface area is 168 Å². The number of nitrogens with zero attached hydrogens (tertiary/aromatic N) is 2. The molecule has 150 valence electrons. The Morgan fingerprint density at radius 2 is 1.79 bits per heavy atom. The zero-order chi connectivity index (χ0) is 20.1. The SMILES string of the molecule is COc1cc(/C=C/C(=O)c2sc(N3CCOCC3)nc2C)cc(OC)c1OC. The first-order valence-electron chi connectivity index (χ1n) is 8.90. The van der Waals surface area contributed by atoms with Crippen LogP contribution in [0.5, 0.6) is 17.2 Å². The molecular formula is C20H24N2O5S. The van der Waals surface area contributed by atoms with Gasteiger partial charge >= 0.3 is 0 Å². The van der Waals surface area contributed by atoms with Crippen LogP contribution >= 0.6 is 11.3 Å². The number of methoxy groups -OCH3 is 3. The van der Waals surface area contributed by atoms with Gasteiger partial charge < -0.3 is 23.8 Å². The predicted molar refractivity (Wildman–Crippen MR) is 109 cm³/mol. The summed E-state index contributed by atoms with van der Waals surface area (Å²) in [5, 5.41) is 0.866. The topological polar surface area (TPSA) is 70.1 Å². The van der Waals surface area contributed by atoms with Crippen molar-refractivity contribution in [3.8, 4) is 17.2 Å². The van der Waals surface area contributed by atoms with Gasteiger partial charge in [-0.1, -0.05) is 17.4 Å². The molecule has 8 heteroatoms. The summed E-state index contributed by atoms with van der Waals surface area (Å²) < 4.78 is 21.4. The molecule has 0 saturated carbocycles. The number of anilines is 1. The number of aromatic nitrogens is 1. The number of hydrogen-bond acceptors (Lipinski definition) is 8. The number of rotatable bonds is 7. The number of carbonyl (C=O) groups is 1. The summed E-state index contributed by atoms with van der Waals surface area (Å²) in [7, 11) is 4.67. The fourth-order valence-electron chi connectivity index (χ4n) is 2.95. The molecule has 2 aromatic rings. The first-order chi connectivity index (χ1) is 13.6. The van der Waals surface area contributed by atoms with Crippen molar-refractivity contribution in [2.75, 3.05) is 52.5 Å². The van der Waals surface area contributed by atoms with E-state index >= 15 is 0 Å². The highest BCUT2D eigenvalue weighted by molar-refractivity contribution is 7.17. The Kier molecular flexibility index (Phi) is 6.53. The highest BCUT2D eigenvalue weighted by atomic mass is 32.1. The van der Waals surface area contributed by atoms with Crippen LogP contribution in [0, 0.1) is 6.92 Å². The van der Waals surface area contributed by atoms with Crippen LogP contribution in [0.1, 0.15) is 20.9 Å². The molecule has 0 N–H and O–H groups in total.